The molecule has 0 spiro atoms. The number of carbonyl (C=O) groups is 1. The van der Waals surface area contributed by atoms with E-state index in [-0.39, 0.29) is 0 Å². The molecule has 2 nitrogen and oxygen atoms in total. The highest BCUT2D eigenvalue weighted by atomic mass is 16.5. The summed E-state index contributed by atoms with van der Waals surface area (Å²) in [6, 6.07) is 9.20. The minimum absolute atomic E-state index is 0.334. The van der Waals surface area contributed by atoms with Crippen molar-refractivity contribution in [3.8, 4) is 5.75 Å². The van der Waals surface area contributed by atoms with Crippen molar-refractivity contribution in [2.75, 3.05) is 0 Å². The third-order valence-electron chi connectivity index (χ3n) is 1.38. The summed E-state index contributed by atoms with van der Waals surface area (Å²) in [7, 11) is 0. The zero-order valence-electron chi connectivity index (χ0n) is 6.86. The van der Waals surface area contributed by atoms with E-state index in [1.807, 2.05) is 18.2 Å². The van der Waals surface area contributed by atoms with E-state index in [1.165, 1.54) is 0 Å². The Morgan fingerprint density at radius 2 is 2.00 bits per heavy atom. The molecule has 0 aliphatic carbocycles. The second-order valence-electron chi connectivity index (χ2n) is 2.22. The largest absolute Gasteiger partial charge is 0.454 e. The van der Waals surface area contributed by atoms with Crippen LogP contribution in [0.25, 0.3) is 0 Å². The van der Waals surface area contributed by atoms with Gasteiger partial charge in [-0.25, -0.2) is 0 Å². The summed E-state index contributed by atoms with van der Waals surface area (Å²) in [5.74, 6) is 1.01. The Labute approximate surface area is 71.5 Å². The van der Waals surface area contributed by atoms with Gasteiger partial charge in [0.1, 0.15) is 5.75 Å². The van der Waals surface area contributed by atoms with E-state index in [0.717, 1.165) is 0 Å². The Bertz CT molecular complexity index is 275. The van der Waals surface area contributed by atoms with Crippen molar-refractivity contribution in [3.05, 3.63) is 42.2 Å². The van der Waals surface area contributed by atoms with E-state index in [9.17, 15) is 4.79 Å². The Kier molecular flexibility index (Phi) is 3.08. The van der Waals surface area contributed by atoms with Crippen LogP contribution in [0, 0.1) is 0 Å². The average Bonchev–Trinajstić information content (AvgIpc) is 2.16. The summed E-state index contributed by atoms with van der Waals surface area (Å²) in [5, 5.41) is 0. The summed E-state index contributed by atoms with van der Waals surface area (Å²) in [5.41, 5.74) is 0. The smallest absolute Gasteiger partial charge is 0.184 e. The number of para-hydroxylation sites is 1. The molecule has 62 valence electrons. The van der Waals surface area contributed by atoms with Crippen LogP contribution in [0.4, 0.5) is 0 Å². The third kappa shape index (κ3) is 2.23. The highest BCUT2D eigenvalue weighted by Crippen LogP contribution is 2.11. The number of carbonyl (C=O) groups excluding carboxylic acids is 1. The normalized spacial score (nSPS) is 10.9. The minimum Gasteiger partial charge on any atom is -0.454 e. The second-order valence-corrected chi connectivity index (χ2v) is 2.22. The molecule has 0 N–H and O–H groups in total. The van der Waals surface area contributed by atoms with E-state index in [4.69, 9.17) is 4.74 Å². The van der Waals surface area contributed by atoms with Crippen LogP contribution in [0.2, 0.25) is 0 Å². The molecule has 1 aromatic carbocycles. The molecule has 0 aliphatic rings. The van der Waals surface area contributed by atoms with Gasteiger partial charge in [0.15, 0.2) is 12.0 Å². The summed E-state index contributed by atoms with van der Waals surface area (Å²) in [6.45, 7) is 1.76. The molecular weight excluding hydrogens is 152 g/mol. The number of hydrogen-bond donors (Lipinski definition) is 0. The molecule has 0 aromatic heterocycles. The first-order chi connectivity index (χ1) is 5.86. The van der Waals surface area contributed by atoms with Crippen LogP contribution in [-0.2, 0) is 4.79 Å². The molecule has 1 aromatic rings. The standard InChI is InChI=1S/C10H10O2/c1-2-9(8-11)12-10-6-4-3-5-7-10/h2-8H,1H3/b9-2+. The molecule has 0 saturated heterocycles. The lowest BCUT2D eigenvalue weighted by Gasteiger charge is -2.02. The van der Waals surface area contributed by atoms with Gasteiger partial charge in [0, 0.05) is 0 Å². The van der Waals surface area contributed by atoms with Gasteiger partial charge in [-0.1, -0.05) is 18.2 Å². The van der Waals surface area contributed by atoms with Gasteiger partial charge >= 0.3 is 0 Å². The monoisotopic (exact) mass is 162 g/mol. The first-order valence-corrected chi connectivity index (χ1v) is 3.71. The third-order valence-corrected chi connectivity index (χ3v) is 1.38. The molecule has 0 atom stereocenters. The van der Waals surface area contributed by atoms with Gasteiger partial charge in [-0.15, -0.1) is 0 Å². The molecule has 2 heteroatoms. The predicted molar refractivity (Wildman–Crippen MR) is 46.9 cm³/mol. The van der Waals surface area contributed by atoms with Crippen LogP contribution in [0.15, 0.2) is 42.2 Å². The molecule has 0 saturated carbocycles. The van der Waals surface area contributed by atoms with E-state index < -0.39 is 0 Å². The van der Waals surface area contributed by atoms with Crippen molar-refractivity contribution in [2.45, 2.75) is 6.92 Å². The summed E-state index contributed by atoms with van der Waals surface area (Å²) in [4.78, 5) is 10.3. The zero-order valence-corrected chi connectivity index (χ0v) is 6.86. The Hall–Kier alpha value is -1.57. The van der Waals surface area contributed by atoms with Gasteiger partial charge in [0.2, 0.25) is 0 Å². The van der Waals surface area contributed by atoms with Crippen molar-refractivity contribution in [2.24, 2.45) is 0 Å². The molecule has 0 heterocycles. The first-order valence-electron chi connectivity index (χ1n) is 3.71. The molecule has 0 bridgehead atoms. The Morgan fingerprint density at radius 3 is 2.50 bits per heavy atom. The maximum Gasteiger partial charge on any atom is 0.184 e. The molecule has 0 radical (unpaired) electrons. The van der Waals surface area contributed by atoms with Crippen LogP contribution in [0.1, 0.15) is 6.92 Å². The fourth-order valence-electron chi connectivity index (χ4n) is 0.776. The van der Waals surface area contributed by atoms with Crippen LogP contribution in [-0.4, -0.2) is 6.29 Å². The Morgan fingerprint density at radius 1 is 1.33 bits per heavy atom. The van der Waals surface area contributed by atoms with Crippen molar-refractivity contribution in [1.82, 2.24) is 0 Å². The molecule has 0 fully saturated rings. The van der Waals surface area contributed by atoms with Gasteiger partial charge in [-0.2, -0.15) is 0 Å². The van der Waals surface area contributed by atoms with Crippen molar-refractivity contribution < 1.29 is 9.53 Å². The SMILES string of the molecule is C/C=C(\C=O)Oc1ccccc1. The van der Waals surface area contributed by atoms with E-state index in [0.29, 0.717) is 17.8 Å². The topological polar surface area (TPSA) is 26.3 Å². The van der Waals surface area contributed by atoms with Gasteiger partial charge < -0.3 is 4.74 Å². The van der Waals surface area contributed by atoms with Crippen LogP contribution in [0.3, 0.4) is 0 Å². The van der Waals surface area contributed by atoms with E-state index in [2.05, 4.69) is 0 Å². The molecule has 12 heavy (non-hydrogen) atoms. The van der Waals surface area contributed by atoms with Gasteiger partial charge in [-0.3, -0.25) is 4.79 Å². The fourth-order valence-corrected chi connectivity index (χ4v) is 0.776. The maximum absolute atomic E-state index is 10.3. The maximum atomic E-state index is 10.3. The highest BCUT2D eigenvalue weighted by Gasteiger charge is 1.94. The molecule has 0 unspecified atom stereocenters. The lowest BCUT2D eigenvalue weighted by molar-refractivity contribution is -0.106. The fraction of sp³-hybridized carbons (Fsp3) is 0.100. The van der Waals surface area contributed by atoms with Crippen LogP contribution in [0.5, 0.6) is 5.75 Å². The number of ether oxygens (including phenoxy) is 1. The molecule has 0 aliphatic heterocycles. The lowest BCUT2D eigenvalue weighted by Crippen LogP contribution is -1.94. The lowest BCUT2D eigenvalue weighted by atomic mass is 10.3. The number of aldehydes is 1. The number of rotatable bonds is 3. The van der Waals surface area contributed by atoms with Crippen molar-refractivity contribution in [3.63, 3.8) is 0 Å². The summed E-state index contributed by atoms with van der Waals surface area (Å²) < 4.78 is 5.21. The van der Waals surface area contributed by atoms with Gasteiger partial charge in [0.05, 0.1) is 0 Å². The van der Waals surface area contributed by atoms with Crippen LogP contribution >= 0.6 is 0 Å². The van der Waals surface area contributed by atoms with E-state index >= 15 is 0 Å². The molecule has 1 rings (SSSR count). The first kappa shape index (κ1) is 8.53. The average molecular weight is 162 g/mol. The van der Waals surface area contributed by atoms with E-state index in [1.54, 1.807) is 25.1 Å². The van der Waals surface area contributed by atoms with Crippen LogP contribution < -0.4 is 4.74 Å². The number of benzene rings is 1. The second kappa shape index (κ2) is 4.34. The minimum atomic E-state index is 0.334. The molecular formula is C10H10O2. The summed E-state index contributed by atoms with van der Waals surface area (Å²) in [6.07, 6.45) is 2.31. The van der Waals surface area contributed by atoms with Crippen molar-refractivity contribution >= 4 is 6.29 Å². The highest BCUT2D eigenvalue weighted by molar-refractivity contribution is 5.70. The van der Waals surface area contributed by atoms with Gasteiger partial charge in [0.25, 0.3) is 0 Å². The molecule has 0 amide bonds. The Balaban J connectivity index is 2.70. The zero-order chi connectivity index (χ0) is 8.81. The number of hydrogen-bond acceptors (Lipinski definition) is 2. The predicted octanol–water partition coefficient (Wildman–Crippen LogP) is 2.17. The quantitative estimate of drug-likeness (QED) is 0.387. The number of allylic oxidation sites excluding steroid dienone is 2. The summed E-state index contributed by atoms with van der Waals surface area (Å²) >= 11 is 0. The van der Waals surface area contributed by atoms with Crippen molar-refractivity contribution in [1.29, 1.82) is 0 Å². The van der Waals surface area contributed by atoms with Gasteiger partial charge in [-0.05, 0) is 25.1 Å².